The van der Waals surface area contributed by atoms with Gasteiger partial charge in [0.15, 0.2) is 0 Å². The first-order valence-electron chi connectivity index (χ1n) is 16.1. The first-order valence-corrected chi connectivity index (χ1v) is 16.1. The van der Waals surface area contributed by atoms with Crippen LogP contribution in [0.5, 0.6) is 0 Å². The van der Waals surface area contributed by atoms with Crippen LogP contribution in [0.4, 0.5) is 0 Å². The quantitative estimate of drug-likeness (QED) is 0.134. The summed E-state index contributed by atoms with van der Waals surface area (Å²) in [6, 6.07) is 0.701. The molecule has 0 aliphatic carbocycles. The second kappa shape index (κ2) is 23.9. The molecule has 0 atom stereocenters. The van der Waals surface area contributed by atoms with E-state index in [1.807, 2.05) is 55.4 Å². The summed E-state index contributed by atoms with van der Waals surface area (Å²) >= 11 is 0. The van der Waals surface area contributed by atoms with Crippen molar-refractivity contribution >= 4 is 23.1 Å². The zero-order chi connectivity index (χ0) is 32.4. The van der Waals surface area contributed by atoms with Crippen LogP contribution < -0.4 is 0 Å². The van der Waals surface area contributed by atoms with E-state index in [9.17, 15) is 19.2 Å². The third-order valence-electron chi connectivity index (χ3n) is 7.21. The standard InChI is InChI=1S/C21H38N2O4.C13H29N.CH4/c1-14(2)18(24)9-22(10-19(25)15(3)4)13-23(11-20(26)16(5)6)12-21(27)17(7)8;1-11(2)7-9-14(13(5)6)10-8-12(3)4;/h14-17H,9-13H2,1-8H3;11-13H,7-10H2,1-6H3;1H4. The van der Waals surface area contributed by atoms with E-state index in [0.29, 0.717) is 6.04 Å². The van der Waals surface area contributed by atoms with E-state index in [0.717, 1.165) is 11.8 Å². The molecule has 0 aliphatic rings. The topological polar surface area (TPSA) is 78.0 Å². The number of nitrogens with zero attached hydrogens (tertiary/aromatic N) is 3. The molecule has 0 unspecified atom stereocenters. The zero-order valence-electron chi connectivity index (χ0n) is 29.4. The van der Waals surface area contributed by atoms with E-state index >= 15 is 0 Å². The van der Waals surface area contributed by atoms with E-state index in [1.165, 1.54) is 25.9 Å². The fourth-order valence-corrected chi connectivity index (χ4v) is 3.68. The Kier molecular flexibility index (Phi) is 25.7. The summed E-state index contributed by atoms with van der Waals surface area (Å²) in [4.78, 5) is 55.1. The highest BCUT2D eigenvalue weighted by molar-refractivity contribution is 5.86. The van der Waals surface area contributed by atoms with Gasteiger partial charge in [-0.15, -0.1) is 0 Å². The molecule has 0 fully saturated rings. The van der Waals surface area contributed by atoms with Crippen molar-refractivity contribution in [3.05, 3.63) is 0 Å². The SMILES string of the molecule is C.CC(C)C(=O)CN(CC(=O)C(C)C)CN(CC(=O)C(C)C)CC(=O)C(C)C.CC(C)CCN(CCC(C)C)C(C)C. The first-order chi connectivity index (χ1) is 18.8. The van der Waals surface area contributed by atoms with E-state index in [1.54, 1.807) is 9.80 Å². The molecular formula is C35H71N3O4. The number of rotatable bonds is 21. The molecule has 0 saturated heterocycles. The van der Waals surface area contributed by atoms with Crippen LogP contribution in [0.2, 0.25) is 0 Å². The molecule has 0 aromatic carbocycles. The summed E-state index contributed by atoms with van der Waals surface area (Å²) in [5.74, 6) is 1.27. The monoisotopic (exact) mass is 598 g/mol. The van der Waals surface area contributed by atoms with Crippen molar-refractivity contribution in [3.8, 4) is 0 Å². The molecular weight excluding hydrogens is 526 g/mol. The minimum atomic E-state index is -0.135. The largest absolute Gasteiger partial charge is 0.301 e. The van der Waals surface area contributed by atoms with Gasteiger partial charge in [0.2, 0.25) is 0 Å². The zero-order valence-corrected chi connectivity index (χ0v) is 29.4. The predicted molar refractivity (Wildman–Crippen MR) is 180 cm³/mol. The summed E-state index contributed by atoms with van der Waals surface area (Å²) in [7, 11) is 0. The van der Waals surface area contributed by atoms with Crippen LogP contribution in [0.3, 0.4) is 0 Å². The molecule has 0 aromatic heterocycles. The maximum absolute atomic E-state index is 12.2. The van der Waals surface area contributed by atoms with Crippen molar-refractivity contribution in [1.29, 1.82) is 0 Å². The van der Waals surface area contributed by atoms with Crippen molar-refractivity contribution in [2.75, 3.05) is 45.9 Å². The molecule has 0 aromatic rings. The molecule has 0 N–H and O–H groups in total. The Labute approximate surface area is 261 Å². The molecule has 0 spiro atoms. The Morgan fingerprint density at radius 1 is 0.452 bits per heavy atom. The molecule has 0 saturated carbocycles. The van der Waals surface area contributed by atoms with Gasteiger partial charge in [0, 0.05) is 29.7 Å². The van der Waals surface area contributed by atoms with Crippen LogP contribution in [-0.2, 0) is 19.2 Å². The normalized spacial score (nSPS) is 11.9. The van der Waals surface area contributed by atoms with Crippen molar-refractivity contribution in [2.45, 2.75) is 123 Å². The number of carbonyl (C=O) groups excluding carboxylic acids is 4. The molecule has 0 radical (unpaired) electrons. The fourth-order valence-electron chi connectivity index (χ4n) is 3.68. The van der Waals surface area contributed by atoms with Gasteiger partial charge >= 0.3 is 0 Å². The third kappa shape index (κ3) is 23.1. The highest BCUT2D eigenvalue weighted by Crippen LogP contribution is 2.10. The van der Waals surface area contributed by atoms with Crippen molar-refractivity contribution in [2.24, 2.45) is 35.5 Å². The Morgan fingerprint density at radius 3 is 0.857 bits per heavy atom. The number of ketones is 4. The first kappa shape index (κ1) is 45.0. The van der Waals surface area contributed by atoms with Crippen LogP contribution in [0.1, 0.15) is 117 Å². The van der Waals surface area contributed by atoms with Gasteiger partial charge in [-0.05, 0) is 51.6 Å². The summed E-state index contributed by atoms with van der Waals surface area (Å²) in [6.07, 6.45) is 2.66. The van der Waals surface area contributed by atoms with Crippen LogP contribution in [0.25, 0.3) is 0 Å². The molecule has 0 amide bonds. The molecule has 7 nitrogen and oxygen atoms in total. The van der Waals surface area contributed by atoms with Crippen LogP contribution in [-0.4, -0.2) is 89.8 Å². The third-order valence-corrected chi connectivity index (χ3v) is 7.21. The lowest BCUT2D eigenvalue weighted by atomic mass is 10.1. The molecule has 0 aliphatic heterocycles. The highest BCUT2D eigenvalue weighted by atomic mass is 16.1. The second-order valence-corrected chi connectivity index (χ2v) is 14.1. The van der Waals surface area contributed by atoms with Crippen molar-refractivity contribution in [3.63, 3.8) is 0 Å². The Hall–Kier alpha value is -1.44. The van der Waals surface area contributed by atoms with Crippen LogP contribution in [0.15, 0.2) is 0 Å². The maximum atomic E-state index is 12.2. The number of Topliss-reactive ketones (excluding diaryl/α,β-unsaturated/α-hetero) is 4. The fraction of sp³-hybridized carbons (Fsp3) is 0.886. The van der Waals surface area contributed by atoms with E-state index in [-0.39, 0.29) is 87.1 Å². The van der Waals surface area contributed by atoms with Gasteiger partial charge in [0.05, 0.1) is 32.8 Å². The molecule has 0 rings (SSSR count). The predicted octanol–water partition coefficient (Wildman–Crippen LogP) is 6.87. The number of carbonyl (C=O) groups is 4. The smallest absolute Gasteiger partial charge is 0.149 e. The van der Waals surface area contributed by atoms with E-state index < -0.39 is 0 Å². The van der Waals surface area contributed by atoms with Gasteiger partial charge in [-0.3, -0.25) is 29.0 Å². The van der Waals surface area contributed by atoms with Gasteiger partial charge in [-0.25, -0.2) is 0 Å². The Balaban J connectivity index is -0.000000857. The van der Waals surface area contributed by atoms with Crippen LogP contribution >= 0.6 is 0 Å². The maximum Gasteiger partial charge on any atom is 0.149 e. The molecule has 42 heavy (non-hydrogen) atoms. The molecule has 250 valence electrons. The average Bonchev–Trinajstić information content (AvgIpc) is 2.83. The van der Waals surface area contributed by atoms with Gasteiger partial charge in [-0.2, -0.15) is 0 Å². The number of hydrogen-bond donors (Lipinski definition) is 0. The lowest BCUT2D eigenvalue weighted by Gasteiger charge is -2.30. The van der Waals surface area contributed by atoms with Gasteiger partial charge < -0.3 is 4.90 Å². The minimum absolute atomic E-state index is 0. The Bertz CT molecular complexity index is 655. The lowest BCUT2D eigenvalue weighted by molar-refractivity contribution is -0.128. The Morgan fingerprint density at radius 2 is 0.690 bits per heavy atom. The van der Waals surface area contributed by atoms with E-state index in [2.05, 4.69) is 46.4 Å². The minimum Gasteiger partial charge on any atom is -0.301 e. The van der Waals surface area contributed by atoms with Gasteiger partial charge in [0.1, 0.15) is 23.1 Å². The lowest BCUT2D eigenvalue weighted by Crippen LogP contribution is -2.48. The number of hydrogen-bond acceptors (Lipinski definition) is 7. The van der Waals surface area contributed by atoms with Crippen molar-refractivity contribution < 1.29 is 19.2 Å². The highest BCUT2D eigenvalue weighted by Gasteiger charge is 2.24. The molecule has 0 heterocycles. The molecule has 7 heteroatoms. The summed E-state index contributed by atoms with van der Waals surface area (Å²) in [6.45, 7) is 31.8. The molecule has 0 bridgehead atoms. The van der Waals surface area contributed by atoms with Crippen molar-refractivity contribution in [1.82, 2.24) is 14.7 Å². The second-order valence-electron chi connectivity index (χ2n) is 14.1. The average molecular weight is 598 g/mol. The van der Waals surface area contributed by atoms with Gasteiger partial charge in [-0.1, -0.05) is 90.5 Å². The summed E-state index contributed by atoms with van der Waals surface area (Å²) < 4.78 is 0. The van der Waals surface area contributed by atoms with Crippen LogP contribution in [0, 0.1) is 35.5 Å². The van der Waals surface area contributed by atoms with Gasteiger partial charge in [0.25, 0.3) is 0 Å². The summed E-state index contributed by atoms with van der Waals surface area (Å²) in [5, 5.41) is 0. The summed E-state index contributed by atoms with van der Waals surface area (Å²) in [5.41, 5.74) is 0. The van der Waals surface area contributed by atoms with E-state index in [4.69, 9.17) is 0 Å².